The van der Waals surface area contributed by atoms with E-state index in [1.54, 1.807) is 38.5 Å². The van der Waals surface area contributed by atoms with Gasteiger partial charge in [-0.25, -0.2) is 0 Å². The molecule has 1 aromatic heterocycles. The van der Waals surface area contributed by atoms with E-state index in [0.717, 1.165) is 18.4 Å². The molecular formula is C28H32O5. The summed E-state index contributed by atoms with van der Waals surface area (Å²) in [7, 11) is 3.16. The average molecular weight is 449 g/mol. The Kier molecular flexibility index (Phi) is 7.64. The zero-order chi connectivity index (χ0) is 24.1. The first-order valence-corrected chi connectivity index (χ1v) is 11.1. The fourth-order valence-corrected chi connectivity index (χ4v) is 3.82. The second-order valence-corrected chi connectivity index (χ2v) is 8.54. The molecule has 0 amide bonds. The number of phenols is 1. The van der Waals surface area contributed by atoms with Gasteiger partial charge < -0.3 is 19.0 Å². The molecule has 0 unspecified atom stereocenters. The summed E-state index contributed by atoms with van der Waals surface area (Å²) in [6.07, 6.45) is 6.51. The Labute approximate surface area is 195 Å². The van der Waals surface area contributed by atoms with Crippen LogP contribution in [0.5, 0.6) is 17.2 Å². The van der Waals surface area contributed by atoms with Crippen LogP contribution in [0.1, 0.15) is 44.7 Å². The van der Waals surface area contributed by atoms with Crippen LogP contribution in [0.25, 0.3) is 22.3 Å². The molecule has 0 aliphatic carbocycles. The van der Waals surface area contributed by atoms with Crippen molar-refractivity contribution < 1.29 is 19.0 Å². The highest BCUT2D eigenvalue weighted by Crippen LogP contribution is 2.37. The molecular weight excluding hydrogens is 416 g/mol. The summed E-state index contributed by atoms with van der Waals surface area (Å²) in [4.78, 5) is 13.6. The van der Waals surface area contributed by atoms with E-state index in [-0.39, 0.29) is 16.6 Å². The Bertz CT molecular complexity index is 1270. The quantitative estimate of drug-likeness (QED) is 0.387. The lowest BCUT2D eigenvalue weighted by molar-refractivity contribution is 0.394. The minimum Gasteiger partial charge on any atom is -0.507 e. The van der Waals surface area contributed by atoms with Crippen LogP contribution in [0.3, 0.4) is 0 Å². The molecule has 3 rings (SSSR count). The lowest BCUT2D eigenvalue weighted by atomic mass is 9.99. The van der Waals surface area contributed by atoms with Gasteiger partial charge in [0, 0.05) is 11.6 Å². The highest BCUT2D eigenvalue weighted by Gasteiger charge is 2.21. The van der Waals surface area contributed by atoms with Crippen LogP contribution in [-0.2, 0) is 6.42 Å². The van der Waals surface area contributed by atoms with Gasteiger partial charge in [-0.3, -0.25) is 4.79 Å². The third kappa shape index (κ3) is 5.48. The predicted octanol–water partition coefficient (Wildman–Crippen LogP) is 6.73. The van der Waals surface area contributed by atoms with E-state index in [4.69, 9.17) is 13.9 Å². The summed E-state index contributed by atoms with van der Waals surface area (Å²) in [5.74, 6) is 1.55. The maximum atomic E-state index is 13.6. The highest BCUT2D eigenvalue weighted by atomic mass is 16.5. The van der Waals surface area contributed by atoms with Crippen molar-refractivity contribution in [2.24, 2.45) is 0 Å². The van der Waals surface area contributed by atoms with Gasteiger partial charge in [0.2, 0.25) is 5.43 Å². The second-order valence-electron chi connectivity index (χ2n) is 8.54. The third-order valence-corrected chi connectivity index (χ3v) is 5.61. The molecule has 174 valence electrons. The molecule has 0 fully saturated rings. The molecule has 33 heavy (non-hydrogen) atoms. The molecule has 5 nitrogen and oxygen atoms in total. The minimum atomic E-state index is -0.241. The second kappa shape index (κ2) is 10.4. The molecule has 3 aromatic rings. The van der Waals surface area contributed by atoms with Crippen molar-refractivity contribution in [3.05, 3.63) is 75.0 Å². The molecule has 0 saturated carbocycles. The number of hydrogen-bond donors (Lipinski definition) is 1. The maximum absolute atomic E-state index is 13.6. The van der Waals surface area contributed by atoms with Gasteiger partial charge in [0.25, 0.3) is 0 Å². The Hall–Kier alpha value is -3.47. The lowest BCUT2D eigenvalue weighted by Crippen LogP contribution is -2.11. The van der Waals surface area contributed by atoms with Gasteiger partial charge >= 0.3 is 0 Å². The summed E-state index contributed by atoms with van der Waals surface area (Å²) in [6.45, 7) is 8.08. The molecule has 0 aliphatic rings. The number of rotatable bonds is 8. The number of benzene rings is 2. The molecule has 1 heterocycles. The van der Waals surface area contributed by atoms with Gasteiger partial charge in [0.15, 0.2) is 0 Å². The highest BCUT2D eigenvalue weighted by molar-refractivity contribution is 5.87. The fraction of sp³-hybridized carbons (Fsp3) is 0.321. The number of fused-ring (bicyclic) bond motifs is 1. The van der Waals surface area contributed by atoms with Gasteiger partial charge in [0.1, 0.15) is 34.0 Å². The Morgan fingerprint density at radius 1 is 1.06 bits per heavy atom. The number of aromatic hydroxyl groups is 1. The van der Waals surface area contributed by atoms with Crippen LogP contribution in [0.2, 0.25) is 0 Å². The normalized spacial score (nSPS) is 11.5. The number of allylic oxidation sites excluding steroid dienone is 4. The number of hydrogen-bond acceptors (Lipinski definition) is 5. The average Bonchev–Trinajstić information content (AvgIpc) is 2.76. The van der Waals surface area contributed by atoms with Crippen molar-refractivity contribution in [3.8, 4) is 28.6 Å². The van der Waals surface area contributed by atoms with E-state index in [1.165, 1.54) is 11.1 Å². The molecule has 0 radical (unpaired) electrons. The van der Waals surface area contributed by atoms with E-state index in [1.807, 2.05) is 13.0 Å². The van der Waals surface area contributed by atoms with Crippen molar-refractivity contribution in [1.82, 2.24) is 0 Å². The zero-order valence-corrected chi connectivity index (χ0v) is 20.2. The molecule has 0 saturated heterocycles. The molecule has 0 spiro atoms. The van der Waals surface area contributed by atoms with Crippen LogP contribution < -0.4 is 14.9 Å². The molecule has 2 aromatic carbocycles. The number of methoxy groups -OCH3 is 2. The van der Waals surface area contributed by atoms with E-state index >= 15 is 0 Å². The molecule has 0 atom stereocenters. The van der Waals surface area contributed by atoms with E-state index in [0.29, 0.717) is 40.4 Å². The van der Waals surface area contributed by atoms with Crippen LogP contribution >= 0.6 is 0 Å². The van der Waals surface area contributed by atoms with Crippen molar-refractivity contribution in [2.75, 3.05) is 14.2 Å². The van der Waals surface area contributed by atoms with Crippen LogP contribution in [0, 0.1) is 6.92 Å². The van der Waals surface area contributed by atoms with E-state index in [2.05, 4.69) is 32.9 Å². The molecule has 0 aliphatic heterocycles. The van der Waals surface area contributed by atoms with Crippen LogP contribution in [-0.4, -0.2) is 19.3 Å². The lowest BCUT2D eigenvalue weighted by Gasteiger charge is -2.14. The van der Waals surface area contributed by atoms with Crippen LogP contribution in [0.4, 0.5) is 0 Å². The summed E-state index contributed by atoms with van der Waals surface area (Å²) in [6, 6.07) is 8.74. The van der Waals surface area contributed by atoms with Gasteiger partial charge in [-0.05, 0) is 76.8 Å². The number of aryl methyl sites for hydroxylation is 1. The first-order chi connectivity index (χ1) is 15.7. The molecule has 1 N–H and O–H groups in total. The van der Waals surface area contributed by atoms with Gasteiger partial charge in [-0.1, -0.05) is 23.3 Å². The SMILES string of the molecule is COc1ccc(-c2oc3cc(C)cc(O)c3c(=O)c2C/C=C(\C)CCC=C(C)C)c(OC)c1. The van der Waals surface area contributed by atoms with Crippen molar-refractivity contribution in [2.45, 2.75) is 47.0 Å². The van der Waals surface area contributed by atoms with E-state index < -0.39 is 0 Å². The fourth-order valence-electron chi connectivity index (χ4n) is 3.82. The minimum absolute atomic E-state index is 0.0718. The van der Waals surface area contributed by atoms with Crippen molar-refractivity contribution in [1.29, 1.82) is 0 Å². The molecule has 5 heteroatoms. The smallest absolute Gasteiger partial charge is 0.200 e. The monoisotopic (exact) mass is 448 g/mol. The summed E-state index contributed by atoms with van der Waals surface area (Å²) in [5, 5.41) is 10.7. The Morgan fingerprint density at radius 2 is 1.82 bits per heavy atom. The summed E-state index contributed by atoms with van der Waals surface area (Å²) in [5.41, 5.74) is 4.52. The van der Waals surface area contributed by atoms with Crippen molar-refractivity contribution in [3.63, 3.8) is 0 Å². The van der Waals surface area contributed by atoms with Crippen molar-refractivity contribution >= 4 is 11.0 Å². The summed E-state index contributed by atoms with van der Waals surface area (Å²) < 4.78 is 17.2. The first-order valence-electron chi connectivity index (χ1n) is 11.1. The first kappa shape index (κ1) is 24.2. The maximum Gasteiger partial charge on any atom is 0.200 e. The largest absolute Gasteiger partial charge is 0.507 e. The van der Waals surface area contributed by atoms with Gasteiger partial charge in [-0.15, -0.1) is 0 Å². The van der Waals surface area contributed by atoms with Gasteiger partial charge in [0.05, 0.1) is 19.8 Å². The predicted molar refractivity (Wildman–Crippen MR) is 134 cm³/mol. The standard InChI is InChI=1S/C28H32O5/c1-17(2)8-7-9-18(3)10-12-22-27(30)26-23(29)14-19(4)15-25(26)33-28(22)21-13-11-20(31-5)16-24(21)32-6/h8,10-11,13-16,29H,7,9,12H2,1-6H3/b18-10+. The Morgan fingerprint density at radius 3 is 2.48 bits per heavy atom. The number of phenolic OH excluding ortho intramolecular Hbond substituents is 1. The van der Waals surface area contributed by atoms with Crippen LogP contribution in [0.15, 0.2) is 62.8 Å². The van der Waals surface area contributed by atoms with E-state index in [9.17, 15) is 9.90 Å². The third-order valence-electron chi connectivity index (χ3n) is 5.61. The summed E-state index contributed by atoms with van der Waals surface area (Å²) >= 11 is 0. The molecule has 0 bridgehead atoms. The van der Waals surface area contributed by atoms with Gasteiger partial charge in [-0.2, -0.15) is 0 Å². The number of ether oxygens (including phenoxy) is 2. The zero-order valence-electron chi connectivity index (χ0n) is 20.2. The topological polar surface area (TPSA) is 68.9 Å². The Balaban J connectivity index is 2.19.